The van der Waals surface area contributed by atoms with Gasteiger partial charge in [0.2, 0.25) is 0 Å². The molecule has 0 spiro atoms. The summed E-state index contributed by atoms with van der Waals surface area (Å²) in [5, 5.41) is 11.8. The first-order valence-electron chi connectivity index (χ1n) is 8.00. The summed E-state index contributed by atoms with van der Waals surface area (Å²) in [6.07, 6.45) is 8.19. The maximum absolute atomic E-state index is 12.4. The minimum Gasteiger partial charge on any atom is -0.338 e. The van der Waals surface area contributed by atoms with E-state index in [9.17, 15) is 4.79 Å². The second kappa shape index (κ2) is 7.85. The lowest BCUT2D eigenvalue weighted by Gasteiger charge is -2.22. The van der Waals surface area contributed by atoms with Crippen molar-refractivity contribution in [3.8, 4) is 6.07 Å². The molecule has 1 amide bonds. The number of hydrogen-bond acceptors (Lipinski definition) is 6. The van der Waals surface area contributed by atoms with Crippen molar-refractivity contribution < 1.29 is 4.79 Å². The highest BCUT2D eigenvalue weighted by Gasteiger charge is 2.11. The van der Waals surface area contributed by atoms with E-state index in [0.29, 0.717) is 23.4 Å². The fourth-order valence-electron chi connectivity index (χ4n) is 2.52. The molecule has 2 heterocycles. The molecule has 1 aromatic carbocycles. The van der Waals surface area contributed by atoms with Crippen molar-refractivity contribution in [2.24, 2.45) is 0 Å². The van der Waals surface area contributed by atoms with Gasteiger partial charge in [-0.15, -0.1) is 0 Å². The van der Waals surface area contributed by atoms with Crippen molar-refractivity contribution in [2.45, 2.75) is 6.92 Å². The number of amides is 1. The van der Waals surface area contributed by atoms with Crippen molar-refractivity contribution in [3.05, 3.63) is 72.6 Å². The van der Waals surface area contributed by atoms with Crippen molar-refractivity contribution in [1.82, 2.24) is 15.0 Å². The quantitative estimate of drug-likeness (QED) is 0.764. The van der Waals surface area contributed by atoms with E-state index in [1.165, 1.54) is 6.33 Å². The van der Waals surface area contributed by atoms with Crippen LogP contribution in [0.15, 0.2) is 61.4 Å². The zero-order chi connectivity index (χ0) is 18.4. The molecule has 0 fully saturated rings. The highest BCUT2D eigenvalue weighted by Crippen LogP contribution is 2.25. The second-order valence-corrected chi connectivity index (χ2v) is 5.42. The first kappa shape index (κ1) is 17.0. The van der Waals surface area contributed by atoms with E-state index in [-0.39, 0.29) is 5.91 Å². The summed E-state index contributed by atoms with van der Waals surface area (Å²) in [6.45, 7) is 2.70. The molecule has 3 rings (SSSR count). The smallest absolute Gasteiger partial charge is 0.255 e. The number of aromatic nitrogens is 3. The predicted octanol–water partition coefficient (Wildman–Crippen LogP) is 3.15. The Morgan fingerprint density at radius 2 is 1.88 bits per heavy atom. The maximum Gasteiger partial charge on any atom is 0.255 e. The zero-order valence-corrected chi connectivity index (χ0v) is 14.1. The minimum atomic E-state index is -0.299. The first-order valence-corrected chi connectivity index (χ1v) is 8.00. The average Bonchev–Trinajstić information content (AvgIpc) is 2.70. The third kappa shape index (κ3) is 3.82. The molecule has 128 valence electrons. The molecule has 0 atom stereocenters. The molecule has 7 heteroatoms. The van der Waals surface area contributed by atoms with Gasteiger partial charge in [0.15, 0.2) is 0 Å². The number of anilines is 3. The molecule has 7 nitrogen and oxygen atoms in total. The standard InChI is InChI=1S/C19H16N6O/c1-2-25(18-11-22-13-23-12-18)17-7-16(9-21-10-17)24-19(26)15-5-3-4-14(6-15)8-20/h3-7,9-13H,2H2,1H3,(H,24,26). The van der Waals surface area contributed by atoms with Crippen LogP contribution >= 0.6 is 0 Å². The Kier molecular flexibility index (Phi) is 5.15. The highest BCUT2D eigenvalue weighted by molar-refractivity contribution is 6.04. The summed E-state index contributed by atoms with van der Waals surface area (Å²) in [6, 6.07) is 10.4. The largest absolute Gasteiger partial charge is 0.338 e. The zero-order valence-electron chi connectivity index (χ0n) is 14.1. The summed E-state index contributed by atoms with van der Waals surface area (Å²) >= 11 is 0. The summed E-state index contributed by atoms with van der Waals surface area (Å²) in [7, 11) is 0. The number of rotatable bonds is 5. The molecule has 0 aliphatic rings. The van der Waals surface area contributed by atoms with Crippen LogP contribution in [0.25, 0.3) is 0 Å². The Morgan fingerprint density at radius 1 is 1.12 bits per heavy atom. The van der Waals surface area contributed by atoms with E-state index in [1.807, 2.05) is 24.0 Å². The molecule has 26 heavy (non-hydrogen) atoms. The molecule has 0 aliphatic heterocycles. The molecule has 0 unspecified atom stereocenters. The van der Waals surface area contributed by atoms with E-state index in [1.54, 1.807) is 49.1 Å². The van der Waals surface area contributed by atoms with Crippen LogP contribution in [0, 0.1) is 11.3 Å². The molecular weight excluding hydrogens is 328 g/mol. The number of pyridine rings is 1. The van der Waals surface area contributed by atoms with Crippen LogP contribution in [-0.2, 0) is 0 Å². The van der Waals surface area contributed by atoms with Gasteiger partial charge in [-0.25, -0.2) is 9.97 Å². The number of carbonyl (C=O) groups excluding carboxylic acids is 1. The molecule has 3 aromatic rings. The van der Waals surface area contributed by atoms with Gasteiger partial charge in [0.1, 0.15) is 6.33 Å². The SMILES string of the molecule is CCN(c1cncnc1)c1cncc(NC(=O)c2cccc(C#N)c2)c1. The second-order valence-electron chi connectivity index (χ2n) is 5.42. The van der Waals surface area contributed by atoms with Crippen molar-refractivity contribution >= 4 is 23.0 Å². The molecule has 0 saturated heterocycles. The minimum absolute atomic E-state index is 0.299. The number of hydrogen-bond donors (Lipinski definition) is 1. The van der Waals surface area contributed by atoms with Gasteiger partial charge in [0, 0.05) is 12.1 Å². The van der Waals surface area contributed by atoms with E-state index < -0.39 is 0 Å². The molecule has 0 saturated carbocycles. The molecule has 0 radical (unpaired) electrons. The monoisotopic (exact) mass is 344 g/mol. The molecule has 0 bridgehead atoms. The van der Waals surface area contributed by atoms with E-state index in [0.717, 1.165) is 11.4 Å². The Hall–Kier alpha value is -3.79. The lowest BCUT2D eigenvalue weighted by Crippen LogP contribution is -2.17. The van der Waals surface area contributed by atoms with Crippen LogP contribution in [0.1, 0.15) is 22.8 Å². The molecule has 2 aromatic heterocycles. The van der Waals surface area contributed by atoms with Crippen LogP contribution in [0.4, 0.5) is 17.1 Å². The van der Waals surface area contributed by atoms with E-state index >= 15 is 0 Å². The van der Waals surface area contributed by atoms with Gasteiger partial charge in [-0.05, 0) is 31.2 Å². The van der Waals surface area contributed by atoms with Crippen LogP contribution in [0.3, 0.4) is 0 Å². The third-order valence-corrected chi connectivity index (χ3v) is 3.72. The maximum atomic E-state index is 12.4. The van der Waals surface area contributed by atoms with Gasteiger partial charge in [0.25, 0.3) is 5.91 Å². The first-order chi connectivity index (χ1) is 12.7. The van der Waals surface area contributed by atoms with Crippen molar-refractivity contribution in [1.29, 1.82) is 5.26 Å². The van der Waals surface area contributed by atoms with Gasteiger partial charge in [-0.1, -0.05) is 6.07 Å². The van der Waals surface area contributed by atoms with Gasteiger partial charge < -0.3 is 10.2 Å². The van der Waals surface area contributed by atoms with Crippen LogP contribution in [0.2, 0.25) is 0 Å². The topological polar surface area (TPSA) is 94.8 Å². The van der Waals surface area contributed by atoms with Gasteiger partial charge in [-0.3, -0.25) is 9.78 Å². The molecule has 1 N–H and O–H groups in total. The fourth-order valence-corrected chi connectivity index (χ4v) is 2.52. The van der Waals surface area contributed by atoms with Crippen molar-refractivity contribution in [3.63, 3.8) is 0 Å². The summed E-state index contributed by atoms with van der Waals surface area (Å²) in [4.78, 5) is 26.7. The van der Waals surface area contributed by atoms with Crippen LogP contribution in [0.5, 0.6) is 0 Å². The van der Waals surface area contributed by atoms with E-state index in [4.69, 9.17) is 5.26 Å². The Bertz CT molecular complexity index is 951. The summed E-state index contributed by atoms with van der Waals surface area (Å²) < 4.78 is 0. The Labute approximate surface area is 151 Å². The summed E-state index contributed by atoms with van der Waals surface area (Å²) in [5.41, 5.74) is 3.06. The lowest BCUT2D eigenvalue weighted by atomic mass is 10.1. The molecule has 0 aliphatic carbocycles. The number of nitrogens with zero attached hydrogens (tertiary/aromatic N) is 5. The average molecular weight is 344 g/mol. The van der Waals surface area contributed by atoms with Crippen molar-refractivity contribution in [2.75, 3.05) is 16.8 Å². The summed E-state index contributed by atoms with van der Waals surface area (Å²) in [5.74, 6) is -0.299. The lowest BCUT2D eigenvalue weighted by molar-refractivity contribution is 0.102. The predicted molar refractivity (Wildman–Crippen MR) is 98.1 cm³/mol. The third-order valence-electron chi connectivity index (χ3n) is 3.72. The molecular formula is C19H16N6O. The number of nitriles is 1. The van der Waals surface area contributed by atoms with Gasteiger partial charge in [0.05, 0.1) is 53.5 Å². The number of nitrogens with one attached hydrogen (secondary N) is 1. The Balaban J connectivity index is 1.83. The van der Waals surface area contributed by atoms with Crippen LogP contribution < -0.4 is 10.2 Å². The van der Waals surface area contributed by atoms with Gasteiger partial charge >= 0.3 is 0 Å². The normalized spacial score (nSPS) is 10.0. The highest BCUT2D eigenvalue weighted by atomic mass is 16.1. The Morgan fingerprint density at radius 3 is 2.62 bits per heavy atom. The fraction of sp³-hybridized carbons (Fsp3) is 0.105. The van der Waals surface area contributed by atoms with E-state index in [2.05, 4.69) is 20.3 Å². The number of benzene rings is 1. The van der Waals surface area contributed by atoms with Crippen LogP contribution in [-0.4, -0.2) is 27.4 Å². The van der Waals surface area contributed by atoms with Gasteiger partial charge in [-0.2, -0.15) is 5.26 Å². The number of carbonyl (C=O) groups is 1.